The molecule has 210 valence electrons. The number of benzene rings is 2. The summed E-state index contributed by atoms with van der Waals surface area (Å²) in [7, 11) is 0. The van der Waals surface area contributed by atoms with Crippen molar-refractivity contribution in [1.29, 1.82) is 0 Å². The van der Waals surface area contributed by atoms with Crippen molar-refractivity contribution in [2.24, 2.45) is 0 Å². The topological polar surface area (TPSA) is 134 Å². The molecule has 4 aromatic heterocycles. The number of nitrogens with zero attached hydrogens (tertiary/aromatic N) is 5. The molecule has 2 aromatic carbocycles. The van der Waals surface area contributed by atoms with Crippen LogP contribution in [0.5, 0.6) is 17.4 Å². The van der Waals surface area contributed by atoms with Crippen molar-refractivity contribution in [3.63, 3.8) is 0 Å². The van der Waals surface area contributed by atoms with E-state index in [1.54, 1.807) is 30.6 Å². The Labute approximate surface area is 240 Å². The highest BCUT2D eigenvalue weighted by atomic mass is 16.5. The van der Waals surface area contributed by atoms with E-state index in [9.17, 15) is 9.59 Å². The van der Waals surface area contributed by atoms with Crippen LogP contribution in [0.25, 0.3) is 21.8 Å². The molecule has 6 aromatic rings. The van der Waals surface area contributed by atoms with Crippen LogP contribution < -0.4 is 14.2 Å². The highest BCUT2D eigenvalue weighted by Crippen LogP contribution is 2.23. The summed E-state index contributed by atoms with van der Waals surface area (Å²) in [4.78, 5) is 31.5. The van der Waals surface area contributed by atoms with Crippen LogP contribution in [0.15, 0.2) is 73.2 Å². The second kappa shape index (κ2) is 11.9. The predicted molar refractivity (Wildman–Crippen MR) is 154 cm³/mol. The lowest BCUT2D eigenvalue weighted by Crippen LogP contribution is -2.10. The fourth-order valence-electron chi connectivity index (χ4n) is 4.55. The van der Waals surface area contributed by atoms with Gasteiger partial charge in [-0.05, 0) is 54.4 Å². The maximum absolute atomic E-state index is 11.7. The van der Waals surface area contributed by atoms with Gasteiger partial charge in [-0.25, -0.2) is 9.97 Å². The largest absolute Gasteiger partial charge is 0.487 e. The number of aromatic nitrogens is 6. The van der Waals surface area contributed by atoms with Gasteiger partial charge < -0.3 is 14.2 Å². The van der Waals surface area contributed by atoms with Crippen LogP contribution in [0.2, 0.25) is 0 Å². The van der Waals surface area contributed by atoms with Gasteiger partial charge in [0.05, 0.1) is 41.7 Å². The van der Waals surface area contributed by atoms with Crippen LogP contribution in [0.1, 0.15) is 37.7 Å². The van der Waals surface area contributed by atoms with Gasteiger partial charge in [0.1, 0.15) is 37.0 Å². The molecular weight excluding hydrogens is 536 g/mol. The first-order valence-electron chi connectivity index (χ1n) is 13.2. The van der Waals surface area contributed by atoms with Gasteiger partial charge in [-0.3, -0.25) is 19.4 Å². The average Bonchev–Trinajstić information content (AvgIpc) is 3.66. The lowest BCUT2D eigenvalue weighted by atomic mass is 10.2. The molecule has 4 heterocycles. The molecule has 42 heavy (non-hydrogen) atoms. The third-order valence-electron chi connectivity index (χ3n) is 6.69. The van der Waals surface area contributed by atoms with Crippen LogP contribution in [-0.2, 0) is 19.8 Å². The molecule has 0 amide bonds. The van der Waals surface area contributed by atoms with Crippen molar-refractivity contribution in [3.8, 4) is 17.4 Å². The molecular formula is C31H26N6O5. The van der Waals surface area contributed by atoms with Crippen molar-refractivity contribution < 1.29 is 23.8 Å². The quantitative estimate of drug-likeness (QED) is 0.207. The van der Waals surface area contributed by atoms with E-state index in [4.69, 9.17) is 14.2 Å². The monoisotopic (exact) mass is 562 g/mol. The van der Waals surface area contributed by atoms with Crippen LogP contribution in [0.4, 0.5) is 0 Å². The summed E-state index contributed by atoms with van der Waals surface area (Å²) in [6.45, 7) is 3.17. The highest BCUT2D eigenvalue weighted by molar-refractivity contribution is 5.81. The predicted octanol–water partition coefficient (Wildman–Crippen LogP) is 4.87. The number of ether oxygens (including phenoxy) is 3. The van der Waals surface area contributed by atoms with Crippen molar-refractivity contribution >= 4 is 34.4 Å². The van der Waals surface area contributed by atoms with E-state index in [1.165, 1.54) is 6.20 Å². The fourth-order valence-corrected chi connectivity index (χ4v) is 4.55. The van der Waals surface area contributed by atoms with E-state index >= 15 is 0 Å². The normalized spacial score (nSPS) is 11.1. The molecule has 0 fully saturated rings. The molecule has 0 aliphatic heterocycles. The molecule has 0 radical (unpaired) electrons. The molecule has 11 heteroatoms. The molecule has 0 unspecified atom stereocenters. The minimum absolute atomic E-state index is 0.282. The van der Waals surface area contributed by atoms with E-state index in [2.05, 4.69) is 25.3 Å². The number of carbonyl (C=O) groups excluding carboxylic acids is 2. The van der Waals surface area contributed by atoms with Crippen LogP contribution in [0, 0.1) is 6.92 Å². The minimum Gasteiger partial charge on any atom is -0.487 e. The number of fused-ring (bicyclic) bond motifs is 2. The smallest absolute Gasteiger partial charge is 0.214 e. The molecule has 0 bridgehead atoms. The summed E-state index contributed by atoms with van der Waals surface area (Å²) in [5.41, 5.74) is 5.15. The standard InChI is InChI=1S/C31H26N6O5/c1-20-2-7-29(27(17-39)35-20)41-18-22-4-6-28-24(11-22)14-34-37(28)8-9-40-31-12-25(16-38)30(15-32-31)42-19-21-3-5-26-23(10-21)13-33-36-26/h2-7,10-17H,8-9,18-19H2,1H3,(H,33,36). The number of rotatable bonds is 12. The molecule has 0 aliphatic rings. The molecule has 0 atom stereocenters. The molecule has 0 aliphatic carbocycles. The van der Waals surface area contributed by atoms with Gasteiger partial charge in [0.25, 0.3) is 0 Å². The Kier molecular flexibility index (Phi) is 7.54. The summed E-state index contributed by atoms with van der Waals surface area (Å²) in [5.74, 6) is 1.14. The maximum atomic E-state index is 11.7. The first kappa shape index (κ1) is 26.6. The SMILES string of the molecule is Cc1ccc(OCc2ccc3c(cnn3CCOc3cc(C=O)c(OCc4ccc5[nH]ncc5c4)cn3)c2)c(C=O)n1. The van der Waals surface area contributed by atoms with Crippen LogP contribution in [0.3, 0.4) is 0 Å². The van der Waals surface area contributed by atoms with Crippen molar-refractivity contribution in [2.45, 2.75) is 26.7 Å². The van der Waals surface area contributed by atoms with Crippen LogP contribution in [-0.4, -0.2) is 49.1 Å². The number of hydrogen-bond acceptors (Lipinski definition) is 9. The highest BCUT2D eigenvalue weighted by Gasteiger charge is 2.10. The summed E-state index contributed by atoms with van der Waals surface area (Å²) >= 11 is 0. The Bertz CT molecular complexity index is 1900. The second-order valence-electron chi connectivity index (χ2n) is 9.61. The molecule has 0 spiro atoms. The number of nitrogens with one attached hydrogen (secondary N) is 1. The number of carbonyl (C=O) groups is 2. The van der Waals surface area contributed by atoms with Gasteiger partial charge in [0.2, 0.25) is 5.88 Å². The second-order valence-corrected chi connectivity index (χ2v) is 9.61. The van der Waals surface area contributed by atoms with Gasteiger partial charge in [0, 0.05) is 22.5 Å². The average molecular weight is 563 g/mol. The first-order valence-corrected chi connectivity index (χ1v) is 13.2. The molecule has 1 N–H and O–H groups in total. The zero-order valence-corrected chi connectivity index (χ0v) is 22.7. The first-order chi connectivity index (χ1) is 20.6. The van der Waals surface area contributed by atoms with E-state index in [0.29, 0.717) is 49.0 Å². The molecule has 6 rings (SSSR count). The summed E-state index contributed by atoms with van der Waals surface area (Å²) in [6, 6.07) is 16.9. The number of pyridine rings is 2. The Morgan fingerprint density at radius 1 is 0.833 bits per heavy atom. The Morgan fingerprint density at radius 2 is 1.64 bits per heavy atom. The van der Waals surface area contributed by atoms with Crippen molar-refractivity contribution in [2.75, 3.05) is 6.61 Å². The molecule has 0 saturated heterocycles. The molecule has 11 nitrogen and oxygen atoms in total. The lowest BCUT2D eigenvalue weighted by molar-refractivity contribution is 0.110. The third-order valence-corrected chi connectivity index (χ3v) is 6.69. The number of aryl methyl sites for hydroxylation is 1. The van der Waals surface area contributed by atoms with Gasteiger partial charge in [0.15, 0.2) is 12.6 Å². The van der Waals surface area contributed by atoms with Crippen molar-refractivity contribution in [3.05, 3.63) is 101 Å². The van der Waals surface area contributed by atoms with E-state index in [-0.39, 0.29) is 12.3 Å². The van der Waals surface area contributed by atoms with E-state index in [1.807, 2.05) is 48.0 Å². The summed E-state index contributed by atoms with van der Waals surface area (Å²) in [5, 5.41) is 13.3. The zero-order chi connectivity index (χ0) is 28.9. The summed E-state index contributed by atoms with van der Waals surface area (Å²) < 4.78 is 19.3. The van der Waals surface area contributed by atoms with E-state index < -0.39 is 0 Å². The Balaban J connectivity index is 1.04. The summed E-state index contributed by atoms with van der Waals surface area (Å²) in [6.07, 6.45) is 6.44. The number of hydrogen-bond donors (Lipinski definition) is 1. The van der Waals surface area contributed by atoms with Gasteiger partial charge >= 0.3 is 0 Å². The minimum atomic E-state index is 0.282. The third kappa shape index (κ3) is 5.80. The van der Waals surface area contributed by atoms with Crippen LogP contribution >= 0.6 is 0 Å². The fraction of sp³-hybridized carbons (Fsp3) is 0.161. The number of aromatic amines is 1. The number of aldehydes is 2. The molecule has 0 saturated carbocycles. The maximum Gasteiger partial charge on any atom is 0.214 e. The van der Waals surface area contributed by atoms with Gasteiger partial charge in [-0.2, -0.15) is 10.2 Å². The van der Waals surface area contributed by atoms with Gasteiger partial charge in [-0.1, -0.05) is 12.1 Å². The Hall–Kier alpha value is -5.58. The zero-order valence-electron chi connectivity index (χ0n) is 22.7. The lowest BCUT2D eigenvalue weighted by Gasteiger charge is -2.11. The van der Waals surface area contributed by atoms with Crippen molar-refractivity contribution in [1.82, 2.24) is 29.9 Å². The number of H-pyrrole nitrogens is 1. The Morgan fingerprint density at radius 3 is 2.48 bits per heavy atom. The van der Waals surface area contributed by atoms with E-state index in [0.717, 1.165) is 44.9 Å². The van der Waals surface area contributed by atoms with Gasteiger partial charge in [-0.15, -0.1) is 0 Å².